The molecular formula is C25H24BrN3O5. The Morgan fingerprint density at radius 1 is 0.971 bits per heavy atom. The Bertz CT molecular complexity index is 1150. The van der Waals surface area contributed by atoms with Gasteiger partial charge < -0.3 is 19.5 Å². The molecule has 0 heterocycles. The normalized spacial score (nSPS) is 10.6. The number of hydrogen-bond acceptors (Lipinski definition) is 6. The molecule has 9 heteroatoms. The van der Waals surface area contributed by atoms with Gasteiger partial charge in [0.1, 0.15) is 5.75 Å². The van der Waals surface area contributed by atoms with Crippen molar-refractivity contribution in [1.29, 1.82) is 0 Å². The molecule has 0 atom stereocenters. The van der Waals surface area contributed by atoms with Crippen molar-refractivity contribution in [3.05, 3.63) is 82.3 Å². The summed E-state index contributed by atoms with van der Waals surface area (Å²) in [5.74, 6) is 0.948. The lowest BCUT2D eigenvalue weighted by Crippen LogP contribution is -2.20. The van der Waals surface area contributed by atoms with Crippen molar-refractivity contribution in [2.24, 2.45) is 5.10 Å². The second-order valence-electron chi connectivity index (χ2n) is 6.91. The predicted molar refractivity (Wildman–Crippen MR) is 134 cm³/mol. The second kappa shape index (κ2) is 12.4. The first kappa shape index (κ1) is 24.8. The Balaban J connectivity index is 1.58. The molecule has 176 valence electrons. The highest BCUT2D eigenvalue weighted by atomic mass is 79.9. The van der Waals surface area contributed by atoms with Crippen molar-refractivity contribution >= 4 is 39.6 Å². The number of methoxy groups -OCH3 is 1. The van der Waals surface area contributed by atoms with Crippen LogP contribution in [0.2, 0.25) is 0 Å². The number of hydrazone groups is 1. The quantitative estimate of drug-likeness (QED) is 0.297. The van der Waals surface area contributed by atoms with Crippen molar-refractivity contribution in [2.45, 2.75) is 6.92 Å². The Labute approximate surface area is 206 Å². The van der Waals surface area contributed by atoms with Crippen LogP contribution in [0.25, 0.3) is 0 Å². The van der Waals surface area contributed by atoms with Crippen LogP contribution in [0.1, 0.15) is 22.8 Å². The zero-order valence-electron chi connectivity index (χ0n) is 18.7. The van der Waals surface area contributed by atoms with E-state index in [1.165, 1.54) is 6.21 Å². The van der Waals surface area contributed by atoms with Crippen LogP contribution >= 0.6 is 15.9 Å². The topological polar surface area (TPSA) is 98.3 Å². The van der Waals surface area contributed by atoms with Crippen LogP contribution in [-0.4, -0.2) is 38.4 Å². The Kier molecular flexibility index (Phi) is 9.04. The second-order valence-corrected chi connectivity index (χ2v) is 7.83. The highest BCUT2D eigenvalue weighted by Gasteiger charge is 2.10. The van der Waals surface area contributed by atoms with Gasteiger partial charge in [0, 0.05) is 15.7 Å². The molecule has 0 aliphatic carbocycles. The van der Waals surface area contributed by atoms with Gasteiger partial charge in [0.2, 0.25) is 0 Å². The van der Waals surface area contributed by atoms with E-state index in [0.29, 0.717) is 40.7 Å². The van der Waals surface area contributed by atoms with Crippen molar-refractivity contribution in [3.63, 3.8) is 0 Å². The Hall–Kier alpha value is -3.85. The van der Waals surface area contributed by atoms with Crippen LogP contribution in [0.5, 0.6) is 17.2 Å². The van der Waals surface area contributed by atoms with Gasteiger partial charge in [-0.3, -0.25) is 9.59 Å². The molecule has 34 heavy (non-hydrogen) atoms. The number of nitrogens with zero attached hydrogens (tertiary/aromatic N) is 1. The van der Waals surface area contributed by atoms with Crippen LogP contribution in [0, 0.1) is 0 Å². The van der Waals surface area contributed by atoms with E-state index in [1.54, 1.807) is 73.8 Å². The van der Waals surface area contributed by atoms with E-state index < -0.39 is 0 Å². The third kappa shape index (κ3) is 7.35. The summed E-state index contributed by atoms with van der Waals surface area (Å²) in [5.41, 5.74) is 4.30. The summed E-state index contributed by atoms with van der Waals surface area (Å²) < 4.78 is 17.3. The lowest BCUT2D eigenvalue weighted by atomic mass is 10.2. The largest absolute Gasteiger partial charge is 0.497 e. The van der Waals surface area contributed by atoms with E-state index in [2.05, 4.69) is 31.8 Å². The molecule has 0 aliphatic heterocycles. The molecule has 0 radical (unpaired) electrons. The molecule has 0 aliphatic rings. The van der Waals surface area contributed by atoms with Crippen LogP contribution in [0.15, 0.2) is 76.3 Å². The Morgan fingerprint density at radius 2 is 1.71 bits per heavy atom. The average Bonchev–Trinajstić information content (AvgIpc) is 2.84. The van der Waals surface area contributed by atoms with Gasteiger partial charge in [-0.1, -0.05) is 15.9 Å². The highest BCUT2D eigenvalue weighted by Crippen LogP contribution is 2.28. The predicted octanol–water partition coefficient (Wildman–Crippen LogP) is 4.64. The summed E-state index contributed by atoms with van der Waals surface area (Å²) in [7, 11) is 1.58. The molecule has 0 aromatic heterocycles. The molecule has 3 aromatic rings. The van der Waals surface area contributed by atoms with Crippen LogP contribution in [-0.2, 0) is 4.79 Å². The zero-order chi connectivity index (χ0) is 24.3. The van der Waals surface area contributed by atoms with E-state index in [4.69, 9.17) is 14.2 Å². The van der Waals surface area contributed by atoms with Crippen molar-refractivity contribution in [3.8, 4) is 17.2 Å². The number of nitrogens with one attached hydrogen (secondary N) is 2. The monoisotopic (exact) mass is 525 g/mol. The maximum atomic E-state index is 12.2. The van der Waals surface area contributed by atoms with E-state index in [0.717, 1.165) is 4.47 Å². The number of hydrogen-bond donors (Lipinski definition) is 2. The van der Waals surface area contributed by atoms with Crippen LogP contribution in [0.4, 0.5) is 5.69 Å². The minimum absolute atomic E-state index is 0.192. The number of halogens is 1. The number of anilines is 1. The molecule has 0 bridgehead atoms. The minimum atomic E-state index is -0.323. The van der Waals surface area contributed by atoms with Gasteiger partial charge in [-0.25, -0.2) is 5.43 Å². The summed E-state index contributed by atoms with van der Waals surface area (Å²) in [6.07, 6.45) is 1.50. The maximum absolute atomic E-state index is 12.2. The fourth-order valence-corrected chi connectivity index (χ4v) is 3.10. The van der Waals surface area contributed by atoms with E-state index in [9.17, 15) is 9.59 Å². The molecule has 0 fully saturated rings. The van der Waals surface area contributed by atoms with Gasteiger partial charge in [0.05, 0.1) is 19.9 Å². The minimum Gasteiger partial charge on any atom is -0.497 e. The first-order valence-electron chi connectivity index (χ1n) is 10.4. The van der Waals surface area contributed by atoms with E-state index >= 15 is 0 Å². The summed E-state index contributed by atoms with van der Waals surface area (Å²) in [6.45, 7) is 2.07. The standard InChI is InChI=1S/C25H24BrN3O5/c1-3-33-23-14-17(15-27-29-25(31)18-5-7-19(26)8-6-18)4-13-22(23)34-16-24(30)28-20-9-11-21(32-2)12-10-20/h4-15H,3,16H2,1-2H3,(H,28,30)(H,29,31)/b27-15+. The fraction of sp³-hybridized carbons (Fsp3) is 0.160. The summed E-state index contributed by atoms with van der Waals surface area (Å²) in [6, 6.07) is 19.1. The summed E-state index contributed by atoms with van der Waals surface area (Å²) in [5, 5.41) is 6.76. The molecule has 2 N–H and O–H groups in total. The molecule has 0 saturated carbocycles. The smallest absolute Gasteiger partial charge is 0.271 e. The van der Waals surface area contributed by atoms with Gasteiger partial charge in [-0.2, -0.15) is 5.10 Å². The number of carbonyl (C=O) groups is 2. The number of ether oxygens (including phenoxy) is 3. The first-order valence-corrected chi connectivity index (χ1v) is 11.2. The lowest BCUT2D eigenvalue weighted by molar-refractivity contribution is -0.118. The third-order valence-electron chi connectivity index (χ3n) is 4.49. The van der Waals surface area contributed by atoms with Gasteiger partial charge in [-0.05, 0) is 79.2 Å². The SMILES string of the molecule is CCOc1cc(/C=N/NC(=O)c2ccc(Br)cc2)ccc1OCC(=O)Nc1ccc(OC)cc1. The molecule has 8 nitrogen and oxygen atoms in total. The molecule has 0 unspecified atom stereocenters. The molecule has 0 spiro atoms. The molecule has 3 aromatic carbocycles. The van der Waals surface area contributed by atoms with E-state index in [1.807, 2.05) is 6.92 Å². The number of rotatable bonds is 10. The fourth-order valence-electron chi connectivity index (χ4n) is 2.84. The summed E-state index contributed by atoms with van der Waals surface area (Å²) >= 11 is 3.33. The lowest BCUT2D eigenvalue weighted by Gasteiger charge is -2.13. The molecule has 2 amide bonds. The van der Waals surface area contributed by atoms with Crippen LogP contribution < -0.4 is 25.0 Å². The molecule has 3 rings (SSSR count). The highest BCUT2D eigenvalue weighted by molar-refractivity contribution is 9.10. The van der Waals surface area contributed by atoms with Gasteiger partial charge in [-0.15, -0.1) is 0 Å². The Morgan fingerprint density at radius 3 is 2.38 bits per heavy atom. The van der Waals surface area contributed by atoms with Gasteiger partial charge in [0.15, 0.2) is 18.1 Å². The maximum Gasteiger partial charge on any atom is 0.271 e. The average molecular weight is 526 g/mol. The number of carbonyl (C=O) groups excluding carboxylic acids is 2. The van der Waals surface area contributed by atoms with Crippen LogP contribution in [0.3, 0.4) is 0 Å². The third-order valence-corrected chi connectivity index (χ3v) is 5.01. The van der Waals surface area contributed by atoms with Crippen molar-refractivity contribution < 1.29 is 23.8 Å². The van der Waals surface area contributed by atoms with Crippen molar-refractivity contribution in [1.82, 2.24) is 5.43 Å². The summed E-state index contributed by atoms with van der Waals surface area (Å²) in [4.78, 5) is 24.4. The van der Waals surface area contributed by atoms with Crippen molar-refractivity contribution in [2.75, 3.05) is 25.6 Å². The van der Waals surface area contributed by atoms with Gasteiger partial charge >= 0.3 is 0 Å². The zero-order valence-corrected chi connectivity index (χ0v) is 20.3. The number of amides is 2. The van der Waals surface area contributed by atoms with Gasteiger partial charge in [0.25, 0.3) is 11.8 Å². The first-order chi connectivity index (χ1) is 16.5. The number of benzene rings is 3. The van der Waals surface area contributed by atoms with E-state index in [-0.39, 0.29) is 18.4 Å². The molecular weight excluding hydrogens is 502 g/mol. The molecule has 0 saturated heterocycles.